The van der Waals surface area contributed by atoms with Crippen LogP contribution in [0.3, 0.4) is 0 Å². The fraction of sp³-hybridized carbons (Fsp3) is 0.643. The maximum absolute atomic E-state index is 12.8. The van der Waals surface area contributed by atoms with Crippen molar-refractivity contribution in [3.63, 3.8) is 0 Å². The standard InChI is InChI=1S/C14H20F3N3/c1-9-4-3-5-10(9)8-19-13-7-11(14(15,16)17)6-12(18-2)20-13/h6-7,9-10H,3-5,8H2,1-2H3,(H2,18,19,20). The first kappa shape index (κ1) is 14.9. The van der Waals surface area contributed by atoms with Crippen LogP contribution in [0.25, 0.3) is 0 Å². The summed E-state index contributed by atoms with van der Waals surface area (Å²) in [5.41, 5.74) is -0.682. The highest BCUT2D eigenvalue weighted by Crippen LogP contribution is 2.33. The summed E-state index contributed by atoms with van der Waals surface area (Å²) in [4.78, 5) is 4.13. The topological polar surface area (TPSA) is 37.0 Å². The van der Waals surface area contributed by atoms with E-state index in [9.17, 15) is 13.2 Å². The van der Waals surface area contributed by atoms with Crippen LogP contribution in [0.5, 0.6) is 0 Å². The van der Waals surface area contributed by atoms with Crippen LogP contribution in [-0.2, 0) is 6.18 Å². The molecule has 20 heavy (non-hydrogen) atoms. The molecule has 0 amide bonds. The number of nitrogens with one attached hydrogen (secondary N) is 2. The SMILES string of the molecule is CNc1cc(C(F)(F)F)cc(NCC2CCCC2C)n1. The van der Waals surface area contributed by atoms with E-state index >= 15 is 0 Å². The van der Waals surface area contributed by atoms with Gasteiger partial charge in [-0.05, 0) is 30.4 Å². The molecule has 0 aliphatic heterocycles. The van der Waals surface area contributed by atoms with Crippen molar-refractivity contribution in [1.29, 1.82) is 0 Å². The maximum atomic E-state index is 12.8. The predicted octanol–water partition coefficient (Wildman–Crippen LogP) is 3.99. The Morgan fingerprint density at radius 3 is 2.50 bits per heavy atom. The molecule has 3 nitrogen and oxygen atoms in total. The summed E-state index contributed by atoms with van der Waals surface area (Å²) in [6.07, 6.45) is -0.826. The van der Waals surface area contributed by atoms with Gasteiger partial charge in [0.15, 0.2) is 0 Å². The third-order valence-electron chi connectivity index (χ3n) is 3.99. The van der Waals surface area contributed by atoms with E-state index in [1.165, 1.54) is 12.8 Å². The highest BCUT2D eigenvalue weighted by Gasteiger charge is 2.32. The summed E-state index contributed by atoms with van der Waals surface area (Å²) < 4.78 is 38.4. The van der Waals surface area contributed by atoms with Crippen molar-refractivity contribution in [2.45, 2.75) is 32.4 Å². The molecular weight excluding hydrogens is 267 g/mol. The van der Waals surface area contributed by atoms with E-state index in [0.717, 1.165) is 18.6 Å². The minimum absolute atomic E-state index is 0.224. The molecule has 0 aromatic carbocycles. The number of anilines is 2. The van der Waals surface area contributed by atoms with Crippen LogP contribution >= 0.6 is 0 Å². The zero-order valence-electron chi connectivity index (χ0n) is 11.7. The van der Waals surface area contributed by atoms with Crippen molar-refractivity contribution in [3.05, 3.63) is 17.7 Å². The second-order valence-electron chi connectivity index (χ2n) is 5.42. The molecule has 2 unspecified atom stereocenters. The molecule has 0 saturated heterocycles. The van der Waals surface area contributed by atoms with Crippen LogP contribution in [0.1, 0.15) is 31.7 Å². The second kappa shape index (κ2) is 5.89. The van der Waals surface area contributed by atoms with Gasteiger partial charge in [0.1, 0.15) is 11.6 Å². The Kier molecular flexibility index (Phi) is 4.40. The average Bonchev–Trinajstić information content (AvgIpc) is 2.80. The molecule has 1 aliphatic rings. The Labute approximate surface area is 117 Å². The van der Waals surface area contributed by atoms with Crippen molar-refractivity contribution in [2.24, 2.45) is 11.8 Å². The van der Waals surface area contributed by atoms with Gasteiger partial charge in [0, 0.05) is 13.6 Å². The molecular formula is C14H20F3N3. The Morgan fingerprint density at radius 1 is 1.25 bits per heavy atom. The number of halogens is 3. The van der Waals surface area contributed by atoms with E-state index < -0.39 is 11.7 Å². The van der Waals surface area contributed by atoms with Crippen LogP contribution in [0.15, 0.2) is 12.1 Å². The summed E-state index contributed by atoms with van der Waals surface area (Å²) in [6, 6.07) is 2.09. The third kappa shape index (κ3) is 3.55. The third-order valence-corrected chi connectivity index (χ3v) is 3.99. The van der Waals surface area contributed by atoms with Gasteiger partial charge in [-0.2, -0.15) is 13.2 Å². The molecule has 1 aromatic heterocycles. The molecule has 1 heterocycles. The zero-order chi connectivity index (χ0) is 14.8. The fourth-order valence-electron chi connectivity index (χ4n) is 2.67. The molecule has 1 saturated carbocycles. The molecule has 0 radical (unpaired) electrons. The molecule has 1 aliphatic carbocycles. The van der Waals surface area contributed by atoms with E-state index in [4.69, 9.17) is 0 Å². The number of hydrogen-bond donors (Lipinski definition) is 2. The van der Waals surface area contributed by atoms with Crippen molar-refractivity contribution in [2.75, 3.05) is 24.2 Å². The molecule has 2 N–H and O–H groups in total. The molecule has 0 spiro atoms. The summed E-state index contributed by atoms with van der Waals surface area (Å²) in [7, 11) is 1.56. The van der Waals surface area contributed by atoms with Crippen molar-refractivity contribution in [3.8, 4) is 0 Å². The van der Waals surface area contributed by atoms with E-state index in [0.29, 0.717) is 18.4 Å². The number of rotatable bonds is 4. The van der Waals surface area contributed by atoms with E-state index in [1.807, 2.05) is 0 Å². The molecule has 1 fully saturated rings. The Morgan fingerprint density at radius 2 is 1.95 bits per heavy atom. The lowest BCUT2D eigenvalue weighted by Gasteiger charge is -2.17. The Bertz CT molecular complexity index is 459. The number of hydrogen-bond acceptors (Lipinski definition) is 3. The minimum Gasteiger partial charge on any atom is -0.373 e. The summed E-state index contributed by atoms with van der Waals surface area (Å²) in [5, 5.41) is 5.72. The van der Waals surface area contributed by atoms with Gasteiger partial charge in [0.25, 0.3) is 0 Å². The molecule has 2 rings (SSSR count). The average molecular weight is 287 g/mol. The Balaban J connectivity index is 2.10. The van der Waals surface area contributed by atoms with Gasteiger partial charge in [-0.3, -0.25) is 0 Å². The number of nitrogens with zero attached hydrogens (tertiary/aromatic N) is 1. The van der Waals surface area contributed by atoms with Crippen molar-refractivity contribution in [1.82, 2.24) is 4.98 Å². The molecule has 6 heteroatoms. The van der Waals surface area contributed by atoms with Crippen LogP contribution < -0.4 is 10.6 Å². The lowest BCUT2D eigenvalue weighted by molar-refractivity contribution is -0.137. The van der Waals surface area contributed by atoms with Gasteiger partial charge in [-0.1, -0.05) is 19.8 Å². The van der Waals surface area contributed by atoms with Crippen LogP contribution in [-0.4, -0.2) is 18.6 Å². The van der Waals surface area contributed by atoms with E-state index in [1.54, 1.807) is 7.05 Å². The van der Waals surface area contributed by atoms with Gasteiger partial charge in [0.2, 0.25) is 0 Å². The van der Waals surface area contributed by atoms with E-state index in [2.05, 4.69) is 22.5 Å². The van der Waals surface area contributed by atoms with Crippen molar-refractivity contribution < 1.29 is 13.2 Å². The second-order valence-corrected chi connectivity index (χ2v) is 5.42. The maximum Gasteiger partial charge on any atom is 0.416 e. The summed E-state index contributed by atoms with van der Waals surface area (Å²) in [5.74, 6) is 1.64. The number of aromatic nitrogens is 1. The monoisotopic (exact) mass is 287 g/mol. The molecule has 1 aromatic rings. The summed E-state index contributed by atoms with van der Waals surface area (Å²) >= 11 is 0. The molecule has 0 bridgehead atoms. The first-order valence-electron chi connectivity index (χ1n) is 6.91. The lowest BCUT2D eigenvalue weighted by atomic mass is 9.98. The zero-order valence-corrected chi connectivity index (χ0v) is 11.7. The first-order valence-corrected chi connectivity index (χ1v) is 6.91. The van der Waals surface area contributed by atoms with Crippen LogP contribution in [0, 0.1) is 11.8 Å². The number of pyridine rings is 1. The van der Waals surface area contributed by atoms with Gasteiger partial charge in [0.05, 0.1) is 5.56 Å². The van der Waals surface area contributed by atoms with Crippen molar-refractivity contribution >= 4 is 11.6 Å². The lowest BCUT2D eigenvalue weighted by Crippen LogP contribution is -2.18. The van der Waals surface area contributed by atoms with Crippen LogP contribution in [0.2, 0.25) is 0 Å². The smallest absolute Gasteiger partial charge is 0.373 e. The van der Waals surface area contributed by atoms with Crippen LogP contribution in [0.4, 0.5) is 24.8 Å². The number of alkyl halides is 3. The highest BCUT2D eigenvalue weighted by molar-refractivity contribution is 5.49. The van der Waals surface area contributed by atoms with E-state index in [-0.39, 0.29) is 11.6 Å². The minimum atomic E-state index is -4.36. The summed E-state index contributed by atoms with van der Waals surface area (Å²) in [6.45, 7) is 2.87. The molecule has 2 atom stereocenters. The molecule has 112 valence electrons. The first-order chi connectivity index (χ1) is 9.40. The van der Waals surface area contributed by atoms with Gasteiger partial charge in [-0.25, -0.2) is 4.98 Å². The normalized spacial score (nSPS) is 22.9. The fourth-order valence-corrected chi connectivity index (χ4v) is 2.67. The van der Waals surface area contributed by atoms with Gasteiger partial charge < -0.3 is 10.6 Å². The quantitative estimate of drug-likeness (QED) is 0.879. The van der Waals surface area contributed by atoms with Gasteiger partial charge >= 0.3 is 6.18 Å². The largest absolute Gasteiger partial charge is 0.416 e. The Hall–Kier alpha value is -1.46. The highest BCUT2D eigenvalue weighted by atomic mass is 19.4. The van der Waals surface area contributed by atoms with Gasteiger partial charge in [-0.15, -0.1) is 0 Å². The predicted molar refractivity (Wildman–Crippen MR) is 73.8 cm³/mol.